The molecule has 154 valence electrons. The zero-order valence-electron chi connectivity index (χ0n) is 18.3. The normalized spacial score (nSPS) is 13.9. The largest absolute Gasteiger partial charge is 1.00 e. The molecule has 1 aliphatic heterocycles. The summed E-state index contributed by atoms with van der Waals surface area (Å²) in [5.41, 5.74) is 2.36. The fourth-order valence-corrected chi connectivity index (χ4v) is 2.98. The molecule has 1 amide bonds. The van der Waals surface area contributed by atoms with Crippen LogP contribution in [0, 0.1) is 13.0 Å². The van der Waals surface area contributed by atoms with Gasteiger partial charge >= 0.3 is 58.2 Å². The van der Waals surface area contributed by atoms with Gasteiger partial charge in [-0.05, 0) is 62.3 Å². The molecule has 3 aromatic rings. The smallest absolute Gasteiger partial charge is 0.474 e. The van der Waals surface area contributed by atoms with E-state index >= 15 is 0 Å². The van der Waals surface area contributed by atoms with Gasteiger partial charge in [-0.25, -0.2) is 9.97 Å². The van der Waals surface area contributed by atoms with Crippen molar-refractivity contribution in [2.75, 3.05) is 16.0 Å². The van der Waals surface area contributed by atoms with Crippen LogP contribution < -0.4 is 78.9 Å². The number of carbonyl (C=O) groups is 1. The van der Waals surface area contributed by atoms with Gasteiger partial charge < -0.3 is 26.8 Å². The van der Waals surface area contributed by atoms with Crippen molar-refractivity contribution >= 4 is 35.0 Å². The fourth-order valence-electron chi connectivity index (χ4n) is 2.98. The Morgan fingerprint density at radius 1 is 1.16 bits per heavy atom. The maximum Gasteiger partial charge on any atom is 1.00 e. The Bertz CT molecular complexity index is 1120. The third-order valence-electron chi connectivity index (χ3n) is 4.81. The molecular weight excluding hydrogens is 466 g/mol. The van der Waals surface area contributed by atoms with Crippen LogP contribution in [0.4, 0.5) is 29.1 Å². The van der Waals surface area contributed by atoms with E-state index in [0.717, 1.165) is 17.7 Å². The SMILES string of the molecule is CCc1ccc(C)c(Nc2nc[c-]c(Nc3ccc4c(n3)NC(=O)C(C)(C)O4)n2)c1.[Rb+]. The number of rotatable bonds is 5. The zero-order valence-corrected chi connectivity index (χ0v) is 23.2. The quantitative estimate of drug-likeness (QED) is 0.463. The summed E-state index contributed by atoms with van der Waals surface area (Å²) in [4.78, 5) is 25.2. The van der Waals surface area contributed by atoms with Crippen LogP contribution in [0.2, 0.25) is 0 Å². The van der Waals surface area contributed by atoms with E-state index in [-0.39, 0.29) is 64.1 Å². The number of hydrogen-bond acceptors (Lipinski definition) is 7. The molecule has 1 aromatic carbocycles. The summed E-state index contributed by atoms with van der Waals surface area (Å²) in [5.74, 6) is 2.04. The maximum absolute atomic E-state index is 12.1. The topological polar surface area (TPSA) is 101 Å². The number of carbonyl (C=O) groups excluding carboxylic acids is 1. The second kappa shape index (κ2) is 9.73. The van der Waals surface area contributed by atoms with Crippen LogP contribution in [0.1, 0.15) is 31.9 Å². The molecule has 0 spiro atoms. The average Bonchev–Trinajstić information content (AvgIpc) is 2.71. The van der Waals surface area contributed by atoms with Gasteiger partial charge in [-0.2, -0.15) is 0 Å². The number of ether oxygens (including phenoxy) is 1. The summed E-state index contributed by atoms with van der Waals surface area (Å²) in [6.45, 7) is 7.56. The predicted molar refractivity (Wildman–Crippen MR) is 116 cm³/mol. The monoisotopic (exact) mass is 488 g/mol. The van der Waals surface area contributed by atoms with E-state index in [4.69, 9.17) is 4.74 Å². The van der Waals surface area contributed by atoms with Crippen molar-refractivity contribution in [1.29, 1.82) is 0 Å². The summed E-state index contributed by atoms with van der Waals surface area (Å²) in [6.07, 6.45) is 2.50. The number of anilines is 5. The Hall–Kier alpha value is -1.87. The molecule has 8 nitrogen and oxygen atoms in total. The maximum atomic E-state index is 12.1. The van der Waals surface area contributed by atoms with Crippen LogP contribution >= 0.6 is 0 Å². The van der Waals surface area contributed by atoms with E-state index in [1.807, 2.05) is 6.92 Å². The van der Waals surface area contributed by atoms with Gasteiger partial charge in [-0.1, -0.05) is 19.1 Å². The minimum atomic E-state index is -0.933. The average molecular weight is 489 g/mol. The summed E-state index contributed by atoms with van der Waals surface area (Å²) in [6, 6.07) is 12.7. The van der Waals surface area contributed by atoms with E-state index in [1.165, 1.54) is 5.56 Å². The van der Waals surface area contributed by atoms with Gasteiger partial charge in [0, 0.05) is 5.69 Å². The van der Waals surface area contributed by atoms with Crippen LogP contribution in [-0.4, -0.2) is 26.5 Å². The van der Waals surface area contributed by atoms with Gasteiger partial charge in [0.05, 0.1) is 0 Å². The minimum absolute atomic E-state index is 0. The van der Waals surface area contributed by atoms with Crippen molar-refractivity contribution in [3.05, 3.63) is 53.7 Å². The molecular formula is C22H23N6O2Rb. The number of aromatic nitrogens is 3. The van der Waals surface area contributed by atoms with Crippen LogP contribution in [-0.2, 0) is 11.2 Å². The number of amides is 1. The van der Waals surface area contributed by atoms with E-state index in [0.29, 0.717) is 29.2 Å². The van der Waals surface area contributed by atoms with Gasteiger partial charge in [0.25, 0.3) is 5.91 Å². The molecule has 0 aliphatic carbocycles. The molecule has 2 aromatic heterocycles. The summed E-state index contributed by atoms with van der Waals surface area (Å²) < 4.78 is 5.71. The molecule has 0 atom stereocenters. The first kappa shape index (κ1) is 23.8. The molecule has 0 bridgehead atoms. The van der Waals surface area contributed by atoms with Gasteiger partial charge in [-0.3, -0.25) is 9.78 Å². The molecule has 3 heterocycles. The van der Waals surface area contributed by atoms with Crippen LogP contribution in [0.15, 0.2) is 36.5 Å². The minimum Gasteiger partial charge on any atom is -0.474 e. The van der Waals surface area contributed by atoms with Crippen molar-refractivity contribution in [2.24, 2.45) is 0 Å². The Morgan fingerprint density at radius 2 is 1.97 bits per heavy atom. The van der Waals surface area contributed by atoms with Crippen molar-refractivity contribution in [3.8, 4) is 5.75 Å². The summed E-state index contributed by atoms with van der Waals surface area (Å²) in [5, 5.41) is 9.11. The summed E-state index contributed by atoms with van der Waals surface area (Å²) in [7, 11) is 0. The number of pyridine rings is 1. The molecule has 0 radical (unpaired) electrons. The van der Waals surface area contributed by atoms with Crippen molar-refractivity contribution in [3.63, 3.8) is 0 Å². The molecule has 9 heteroatoms. The summed E-state index contributed by atoms with van der Waals surface area (Å²) >= 11 is 0. The van der Waals surface area contributed by atoms with Crippen LogP contribution in [0.3, 0.4) is 0 Å². The van der Waals surface area contributed by atoms with Crippen molar-refractivity contribution in [2.45, 2.75) is 39.7 Å². The van der Waals surface area contributed by atoms with Gasteiger partial charge in [0.15, 0.2) is 17.2 Å². The van der Waals surface area contributed by atoms with Crippen molar-refractivity contribution in [1.82, 2.24) is 15.0 Å². The number of nitrogens with zero attached hydrogens (tertiary/aromatic N) is 3. The van der Waals surface area contributed by atoms with Crippen LogP contribution in [0.5, 0.6) is 5.75 Å². The van der Waals surface area contributed by atoms with Gasteiger partial charge in [0.1, 0.15) is 5.82 Å². The number of aryl methyl sites for hydroxylation is 2. The molecule has 0 saturated carbocycles. The molecule has 3 N–H and O–H groups in total. The van der Waals surface area contributed by atoms with E-state index in [9.17, 15) is 4.79 Å². The second-order valence-corrected chi connectivity index (χ2v) is 7.55. The van der Waals surface area contributed by atoms with Crippen molar-refractivity contribution < 1.29 is 67.7 Å². The zero-order chi connectivity index (χ0) is 21.3. The standard InChI is InChI=1S/C22H23N6O2.Rb/c1-5-14-7-6-13(2)15(12-14)24-21-23-11-10-18(27-21)25-17-9-8-16-19(26-17)28-20(29)22(3,4)30-16;/h6-9,11-12H,5H2,1-4H3,(H3,23,24,25,26,27,28,29);/q-1;+1. The first-order valence-corrected chi connectivity index (χ1v) is 9.74. The number of hydrogen-bond donors (Lipinski definition) is 3. The number of benzene rings is 1. The van der Waals surface area contributed by atoms with Crippen LogP contribution in [0.25, 0.3) is 0 Å². The van der Waals surface area contributed by atoms with E-state index < -0.39 is 5.60 Å². The molecule has 31 heavy (non-hydrogen) atoms. The molecule has 0 saturated heterocycles. The Morgan fingerprint density at radius 3 is 2.74 bits per heavy atom. The molecule has 0 unspecified atom stereocenters. The first-order chi connectivity index (χ1) is 14.3. The van der Waals surface area contributed by atoms with Gasteiger partial charge in [0.2, 0.25) is 5.95 Å². The predicted octanol–water partition coefficient (Wildman–Crippen LogP) is 1.14. The van der Waals surface area contributed by atoms with E-state index in [2.05, 4.69) is 62.1 Å². The molecule has 0 fully saturated rings. The Kier molecular flexibility index (Phi) is 7.46. The number of nitrogens with one attached hydrogen (secondary N) is 3. The Balaban J connectivity index is 0.00000272. The molecule has 4 rings (SSSR count). The third-order valence-corrected chi connectivity index (χ3v) is 4.81. The first-order valence-electron chi connectivity index (χ1n) is 9.74. The second-order valence-electron chi connectivity index (χ2n) is 7.55. The number of fused-ring (bicyclic) bond motifs is 1. The van der Waals surface area contributed by atoms with Gasteiger partial charge in [-0.15, -0.1) is 6.20 Å². The fraction of sp³-hybridized carbons (Fsp3) is 0.273. The molecule has 1 aliphatic rings. The third kappa shape index (κ3) is 5.49. The van der Waals surface area contributed by atoms with E-state index in [1.54, 1.807) is 32.2 Å². The Labute approximate surface area is 230 Å².